The van der Waals surface area contributed by atoms with Crippen LogP contribution in [-0.4, -0.2) is 30.6 Å². The Morgan fingerprint density at radius 2 is 1.86 bits per heavy atom. The smallest absolute Gasteiger partial charge is 0.450 e. The van der Waals surface area contributed by atoms with Gasteiger partial charge >= 0.3 is 6.16 Å². The third-order valence-corrected chi connectivity index (χ3v) is 11.6. The first-order valence-corrected chi connectivity index (χ1v) is 15.3. The molecular formula is C32H54O4. The van der Waals surface area contributed by atoms with Gasteiger partial charge in [0.25, 0.3) is 0 Å². The van der Waals surface area contributed by atoms with Gasteiger partial charge in [-0.15, -0.1) is 0 Å². The van der Waals surface area contributed by atoms with Crippen LogP contribution in [0.1, 0.15) is 112 Å². The minimum atomic E-state index is -1.17. The summed E-state index contributed by atoms with van der Waals surface area (Å²) in [5.74, 6) is 5.31. The number of allylic oxidation sites excluding steroid dienone is 2. The van der Waals surface area contributed by atoms with Crippen molar-refractivity contribution in [3.8, 4) is 0 Å². The topological polar surface area (TPSA) is 55.8 Å². The Morgan fingerprint density at radius 3 is 2.56 bits per heavy atom. The highest BCUT2D eigenvalue weighted by Crippen LogP contribution is 2.67. The Kier molecular flexibility index (Phi) is 8.85. The Labute approximate surface area is 221 Å². The first kappa shape index (κ1) is 28.0. The molecule has 36 heavy (non-hydrogen) atoms. The van der Waals surface area contributed by atoms with Gasteiger partial charge < -0.3 is 14.6 Å². The maximum absolute atomic E-state index is 11.4. The van der Waals surface area contributed by atoms with Crippen LogP contribution in [0.25, 0.3) is 0 Å². The van der Waals surface area contributed by atoms with E-state index in [2.05, 4.69) is 40.7 Å². The van der Waals surface area contributed by atoms with Crippen LogP contribution in [0.2, 0.25) is 0 Å². The van der Waals surface area contributed by atoms with Crippen molar-refractivity contribution >= 4 is 6.16 Å². The lowest BCUT2D eigenvalue weighted by molar-refractivity contribution is -0.0666. The molecule has 0 aromatic rings. The van der Waals surface area contributed by atoms with Crippen molar-refractivity contribution in [2.24, 2.45) is 52.3 Å². The van der Waals surface area contributed by atoms with Crippen molar-refractivity contribution in [3.63, 3.8) is 0 Å². The van der Waals surface area contributed by atoms with E-state index in [0.717, 1.165) is 54.8 Å². The second-order valence-corrected chi connectivity index (χ2v) is 13.9. The van der Waals surface area contributed by atoms with E-state index >= 15 is 0 Å². The maximum Gasteiger partial charge on any atom is 0.506 e. The minimum Gasteiger partial charge on any atom is -0.450 e. The van der Waals surface area contributed by atoms with Crippen LogP contribution in [0, 0.1) is 52.3 Å². The average Bonchev–Trinajstić information content (AvgIpc) is 3.18. The molecule has 0 bridgehead atoms. The van der Waals surface area contributed by atoms with Crippen LogP contribution in [-0.2, 0) is 9.47 Å². The van der Waals surface area contributed by atoms with Gasteiger partial charge in [0.15, 0.2) is 0 Å². The number of fused-ring (bicyclic) bond motifs is 5. The van der Waals surface area contributed by atoms with Gasteiger partial charge in [-0.2, -0.15) is 0 Å². The Morgan fingerprint density at radius 1 is 1.08 bits per heavy atom. The number of hydrogen-bond acceptors (Lipinski definition) is 3. The molecule has 0 aliphatic heterocycles. The van der Waals surface area contributed by atoms with Crippen molar-refractivity contribution in [2.45, 2.75) is 118 Å². The standard InChI is InChI=1S/C32H54O4/c1-7-35-20-29(36-30(33)34)23-15-17-31(5)24(19-23)11-12-25-27-14-13-26(22(4)10-8-9-21(2)3)32(27,6)18-16-28(25)31/h11,21-23,25-29H,7-10,12-20H2,1-6H3,(H,33,34)/t22-,23?,25?,26-,27?,28?,29?,31+,32-/m1/s1. The molecule has 0 saturated heterocycles. The van der Waals surface area contributed by atoms with Crippen LogP contribution in [0.15, 0.2) is 11.6 Å². The van der Waals surface area contributed by atoms with Gasteiger partial charge in [-0.1, -0.05) is 65.5 Å². The van der Waals surface area contributed by atoms with E-state index in [1.165, 1.54) is 51.4 Å². The van der Waals surface area contributed by atoms with E-state index < -0.39 is 6.16 Å². The van der Waals surface area contributed by atoms with Crippen molar-refractivity contribution in [1.82, 2.24) is 0 Å². The lowest BCUT2D eigenvalue weighted by atomic mass is 9.46. The van der Waals surface area contributed by atoms with Crippen LogP contribution < -0.4 is 0 Å². The number of ether oxygens (including phenoxy) is 2. The van der Waals surface area contributed by atoms with E-state index in [1.807, 2.05) is 6.92 Å². The zero-order valence-corrected chi connectivity index (χ0v) is 24.1. The molecule has 0 aromatic heterocycles. The molecule has 5 unspecified atom stereocenters. The zero-order chi connectivity index (χ0) is 26.1. The van der Waals surface area contributed by atoms with Crippen molar-refractivity contribution in [2.75, 3.05) is 13.2 Å². The molecule has 4 rings (SSSR count). The predicted molar refractivity (Wildman–Crippen MR) is 146 cm³/mol. The molecule has 0 heterocycles. The summed E-state index contributed by atoms with van der Waals surface area (Å²) in [6.07, 6.45) is 15.3. The van der Waals surface area contributed by atoms with E-state index in [9.17, 15) is 9.90 Å². The lowest BCUT2D eigenvalue weighted by Gasteiger charge is -2.59. The van der Waals surface area contributed by atoms with Gasteiger partial charge in [-0.3, -0.25) is 0 Å². The first-order valence-electron chi connectivity index (χ1n) is 15.3. The zero-order valence-electron chi connectivity index (χ0n) is 24.1. The third-order valence-electron chi connectivity index (χ3n) is 11.6. The van der Waals surface area contributed by atoms with Gasteiger partial charge in [0.05, 0.1) is 6.61 Å². The molecule has 0 aromatic carbocycles. The van der Waals surface area contributed by atoms with E-state index in [4.69, 9.17) is 9.47 Å². The number of hydrogen-bond donors (Lipinski definition) is 1. The summed E-state index contributed by atoms with van der Waals surface area (Å²) in [4.78, 5) is 11.4. The molecule has 206 valence electrons. The molecule has 0 spiro atoms. The summed E-state index contributed by atoms with van der Waals surface area (Å²) in [6.45, 7) is 15.4. The Balaban J connectivity index is 1.46. The highest BCUT2D eigenvalue weighted by atomic mass is 16.7. The summed E-state index contributed by atoms with van der Waals surface area (Å²) in [5.41, 5.74) is 2.40. The molecular weight excluding hydrogens is 448 g/mol. The monoisotopic (exact) mass is 502 g/mol. The number of carboxylic acid groups (broad SMARTS) is 1. The quantitative estimate of drug-likeness (QED) is 0.240. The molecule has 0 radical (unpaired) electrons. The average molecular weight is 503 g/mol. The van der Waals surface area contributed by atoms with Crippen LogP contribution in [0.3, 0.4) is 0 Å². The fraction of sp³-hybridized carbons (Fsp3) is 0.906. The fourth-order valence-corrected chi connectivity index (χ4v) is 9.66. The van der Waals surface area contributed by atoms with Crippen LogP contribution in [0.5, 0.6) is 0 Å². The maximum atomic E-state index is 11.4. The van der Waals surface area contributed by atoms with Crippen molar-refractivity contribution in [3.05, 3.63) is 11.6 Å². The normalized spacial score (nSPS) is 39.5. The summed E-state index contributed by atoms with van der Waals surface area (Å²) in [6, 6.07) is 0. The second-order valence-electron chi connectivity index (χ2n) is 13.9. The van der Waals surface area contributed by atoms with Crippen LogP contribution >= 0.6 is 0 Å². The second kappa shape index (κ2) is 11.4. The van der Waals surface area contributed by atoms with Gasteiger partial charge in [0, 0.05) is 12.5 Å². The highest BCUT2D eigenvalue weighted by molar-refractivity contribution is 5.57. The largest absolute Gasteiger partial charge is 0.506 e. The fourth-order valence-electron chi connectivity index (χ4n) is 9.66. The molecule has 9 atom stereocenters. The summed E-state index contributed by atoms with van der Waals surface area (Å²) in [5, 5.41) is 9.30. The van der Waals surface area contributed by atoms with Gasteiger partial charge in [0.2, 0.25) is 0 Å². The molecule has 0 amide bonds. The molecule has 4 aliphatic rings. The van der Waals surface area contributed by atoms with Crippen molar-refractivity contribution < 1.29 is 19.4 Å². The molecule has 4 heteroatoms. The highest BCUT2D eigenvalue weighted by Gasteiger charge is 2.59. The van der Waals surface area contributed by atoms with E-state index in [-0.39, 0.29) is 17.4 Å². The Hall–Kier alpha value is -1.03. The summed E-state index contributed by atoms with van der Waals surface area (Å²) in [7, 11) is 0. The van der Waals surface area contributed by atoms with Crippen molar-refractivity contribution in [1.29, 1.82) is 0 Å². The molecule has 1 N–H and O–H groups in total. The molecule has 3 fully saturated rings. The van der Waals surface area contributed by atoms with Gasteiger partial charge in [-0.05, 0) is 105 Å². The molecule has 4 aliphatic carbocycles. The molecule has 4 nitrogen and oxygen atoms in total. The third kappa shape index (κ3) is 5.40. The number of rotatable bonds is 10. The summed E-state index contributed by atoms with van der Waals surface area (Å²) >= 11 is 0. The SMILES string of the molecule is CCOCC(OC(=O)O)C1CC[C@@]2(C)C(=CCC3C2CC[C@@]2(C)C3CC[C@@H]2[C@H](C)CCCC(C)C)C1. The van der Waals surface area contributed by atoms with E-state index in [0.29, 0.717) is 18.6 Å². The first-order chi connectivity index (χ1) is 17.1. The van der Waals surface area contributed by atoms with Gasteiger partial charge in [-0.25, -0.2) is 4.79 Å². The predicted octanol–water partition coefficient (Wildman–Crippen LogP) is 8.74. The number of carbonyl (C=O) groups is 1. The van der Waals surface area contributed by atoms with Crippen LogP contribution in [0.4, 0.5) is 4.79 Å². The minimum absolute atomic E-state index is 0.236. The van der Waals surface area contributed by atoms with Gasteiger partial charge in [0.1, 0.15) is 6.10 Å². The summed E-state index contributed by atoms with van der Waals surface area (Å²) < 4.78 is 10.9. The van der Waals surface area contributed by atoms with E-state index in [1.54, 1.807) is 5.57 Å². The molecule has 3 saturated carbocycles. The Bertz CT molecular complexity index is 789. The lowest BCUT2D eigenvalue weighted by Crippen LogP contribution is -2.51.